The molecule has 0 fully saturated rings. The van der Waals surface area contributed by atoms with Gasteiger partial charge in [0, 0.05) is 11.6 Å². The summed E-state index contributed by atoms with van der Waals surface area (Å²) in [5, 5.41) is 15.5. The van der Waals surface area contributed by atoms with Crippen LogP contribution in [0.3, 0.4) is 0 Å². The van der Waals surface area contributed by atoms with Crippen molar-refractivity contribution in [3.63, 3.8) is 0 Å². The summed E-state index contributed by atoms with van der Waals surface area (Å²) in [5.41, 5.74) is -2.59. The molecule has 0 aliphatic heterocycles. The molecule has 0 spiro atoms. The van der Waals surface area contributed by atoms with Gasteiger partial charge in [-0.15, -0.1) is 11.3 Å². The Morgan fingerprint density at radius 3 is 2.65 bits per heavy atom. The van der Waals surface area contributed by atoms with Crippen LogP contribution in [0.25, 0.3) is 10.7 Å². The van der Waals surface area contributed by atoms with Gasteiger partial charge < -0.3 is 5.11 Å². The van der Waals surface area contributed by atoms with Crippen molar-refractivity contribution in [1.29, 1.82) is 0 Å². The predicted octanol–water partition coefficient (Wildman–Crippen LogP) is 2.25. The molecule has 17 heavy (non-hydrogen) atoms. The van der Waals surface area contributed by atoms with Crippen molar-refractivity contribution in [3.05, 3.63) is 22.8 Å². The van der Waals surface area contributed by atoms with E-state index in [4.69, 9.17) is 5.11 Å². The fourth-order valence-electron chi connectivity index (χ4n) is 1.25. The van der Waals surface area contributed by atoms with E-state index in [2.05, 4.69) is 10.1 Å². The highest BCUT2D eigenvalue weighted by molar-refractivity contribution is 7.13. The van der Waals surface area contributed by atoms with Crippen molar-refractivity contribution in [2.24, 2.45) is 0 Å². The maximum Gasteiger partial charge on any atom is 0.433 e. The lowest BCUT2D eigenvalue weighted by molar-refractivity contribution is -0.141. The summed E-state index contributed by atoms with van der Waals surface area (Å²) in [6.07, 6.45) is -3.44. The molecule has 9 heteroatoms. The average molecular weight is 263 g/mol. The summed E-state index contributed by atoms with van der Waals surface area (Å²) >= 11 is 1.01. The molecule has 2 aromatic rings. The number of aromatic amines is 1. The van der Waals surface area contributed by atoms with Gasteiger partial charge in [0.2, 0.25) is 0 Å². The van der Waals surface area contributed by atoms with Crippen LogP contribution in [0.1, 0.15) is 16.1 Å². The molecule has 0 unspecified atom stereocenters. The topological polar surface area (TPSA) is 78.9 Å². The van der Waals surface area contributed by atoms with Crippen molar-refractivity contribution in [3.8, 4) is 10.7 Å². The number of hydrogen-bond donors (Lipinski definition) is 2. The maximum absolute atomic E-state index is 12.5. The Hall–Kier alpha value is -1.90. The highest BCUT2D eigenvalue weighted by atomic mass is 32.1. The van der Waals surface area contributed by atoms with Crippen LogP contribution in [0.2, 0.25) is 0 Å². The van der Waals surface area contributed by atoms with Crippen LogP contribution in [-0.2, 0) is 6.18 Å². The van der Waals surface area contributed by atoms with E-state index in [1.54, 1.807) is 5.10 Å². The SMILES string of the molecule is O=C(O)c1c(-c2nccs2)n[nH]c1C(F)(F)F. The van der Waals surface area contributed by atoms with E-state index in [-0.39, 0.29) is 10.7 Å². The largest absolute Gasteiger partial charge is 0.478 e. The Kier molecular flexibility index (Phi) is 2.62. The molecule has 2 rings (SSSR count). The Morgan fingerprint density at radius 2 is 2.18 bits per heavy atom. The Bertz CT molecular complexity index is 547. The minimum absolute atomic E-state index is 0.120. The first-order valence-corrected chi connectivity index (χ1v) is 5.08. The fourth-order valence-corrected chi connectivity index (χ4v) is 1.88. The third-order valence-electron chi connectivity index (χ3n) is 1.90. The lowest BCUT2D eigenvalue weighted by atomic mass is 10.2. The number of nitrogens with one attached hydrogen (secondary N) is 1. The number of hydrogen-bond acceptors (Lipinski definition) is 4. The first-order valence-electron chi connectivity index (χ1n) is 4.20. The first-order chi connectivity index (χ1) is 7.91. The zero-order valence-corrected chi connectivity index (χ0v) is 8.76. The lowest BCUT2D eigenvalue weighted by Gasteiger charge is -2.04. The molecule has 0 saturated heterocycles. The van der Waals surface area contributed by atoms with Gasteiger partial charge in [0.05, 0.1) is 0 Å². The van der Waals surface area contributed by atoms with Gasteiger partial charge in [0.1, 0.15) is 16.3 Å². The minimum atomic E-state index is -4.80. The molecule has 90 valence electrons. The summed E-state index contributed by atoms with van der Waals surface area (Å²) < 4.78 is 37.5. The van der Waals surface area contributed by atoms with Gasteiger partial charge >= 0.3 is 12.1 Å². The Morgan fingerprint density at radius 1 is 1.47 bits per heavy atom. The van der Waals surface area contributed by atoms with E-state index >= 15 is 0 Å². The van der Waals surface area contributed by atoms with Crippen LogP contribution in [0, 0.1) is 0 Å². The molecule has 0 radical (unpaired) electrons. The van der Waals surface area contributed by atoms with Crippen molar-refractivity contribution < 1.29 is 23.1 Å². The number of aromatic carboxylic acids is 1. The molecule has 0 aliphatic carbocycles. The van der Waals surface area contributed by atoms with Crippen molar-refractivity contribution in [2.45, 2.75) is 6.18 Å². The van der Waals surface area contributed by atoms with Crippen LogP contribution in [-0.4, -0.2) is 26.3 Å². The van der Waals surface area contributed by atoms with Gasteiger partial charge in [0.15, 0.2) is 5.69 Å². The van der Waals surface area contributed by atoms with Crippen molar-refractivity contribution in [1.82, 2.24) is 15.2 Å². The van der Waals surface area contributed by atoms with E-state index in [0.717, 1.165) is 11.3 Å². The second kappa shape index (κ2) is 3.84. The van der Waals surface area contributed by atoms with E-state index in [0.29, 0.717) is 0 Å². The number of halogens is 3. The van der Waals surface area contributed by atoms with Crippen LogP contribution >= 0.6 is 11.3 Å². The fraction of sp³-hybridized carbons (Fsp3) is 0.125. The summed E-state index contributed by atoms with van der Waals surface area (Å²) in [6, 6.07) is 0. The zero-order valence-electron chi connectivity index (χ0n) is 7.95. The minimum Gasteiger partial charge on any atom is -0.478 e. The number of aromatic nitrogens is 3. The molecule has 5 nitrogen and oxygen atoms in total. The molecule has 0 aromatic carbocycles. The number of alkyl halides is 3. The second-order valence-electron chi connectivity index (χ2n) is 2.96. The lowest BCUT2D eigenvalue weighted by Crippen LogP contribution is -2.12. The molecule has 0 aliphatic rings. The molecular weight excluding hydrogens is 259 g/mol. The number of carboxylic acids is 1. The second-order valence-corrected chi connectivity index (χ2v) is 3.86. The standard InChI is InChI=1S/C8H4F3N3O2S/c9-8(10,11)5-3(7(15)16)4(13-14-5)6-12-1-2-17-6/h1-2H,(H,13,14)(H,15,16). The zero-order chi connectivity index (χ0) is 12.6. The third-order valence-corrected chi connectivity index (χ3v) is 2.68. The van der Waals surface area contributed by atoms with Crippen LogP contribution in [0.4, 0.5) is 13.2 Å². The molecule has 2 N–H and O–H groups in total. The quantitative estimate of drug-likeness (QED) is 0.870. The third kappa shape index (κ3) is 2.00. The predicted molar refractivity (Wildman–Crippen MR) is 51.7 cm³/mol. The van der Waals surface area contributed by atoms with Crippen LogP contribution < -0.4 is 0 Å². The number of rotatable bonds is 2. The summed E-state index contributed by atoms with van der Waals surface area (Å²) in [5.74, 6) is -1.70. The summed E-state index contributed by atoms with van der Waals surface area (Å²) in [6.45, 7) is 0. The van der Waals surface area contributed by atoms with Crippen LogP contribution in [0.15, 0.2) is 11.6 Å². The first kappa shape index (κ1) is 11.6. The van der Waals surface area contributed by atoms with E-state index < -0.39 is 23.4 Å². The molecule has 0 saturated carbocycles. The molecule has 2 heterocycles. The van der Waals surface area contributed by atoms with Gasteiger partial charge in [-0.2, -0.15) is 18.3 Å². The average Bonchev–Trinajstić information content (AvgIpc) is 2.84. The number of thiazole rings is 1. The van der Waals surface area contributed by atoms with Gasteiger partial charge in [0.25, 0.3) is 0 Å². The number of H-pyrrole nitrogens is 1. The smallest absolute Gasteiger partial charge is 0.433 e. The number of carbonyl (C=O) groups is 1. The normalized spacial score (nSPS) is 11.7. The highest BCUT2D eigenvalue weighted by Gasteiger charge is 2.40. The molecular formula is C8H4F3N3O2S. The monoisotopic (exact) mass is 263 g/mol. The molecule has 0 amide bonds. The van der Waals surface area contributed by atoms with E-state index in [1.807, 2.05) is 0 Å². The molecule has 0 atom stereocenters. The van der Waals surface area contributed by atoms with E-state index in [9.17, 15) is 18.0 Å². The number of nitrogens with zero attached hydrogens (tertiary/aromatic N) is 2. The highest BCUT2D eigenvalue weighted by Crippen LogP contribution is 2.35. The molecule has 2 aromatic heterocycles. The summed E-state index contributed by atoms with van der Waals surface area (Å²) in [4.78, 5) is 14.6. The number of carboxylic acid groups (broad SMARTS) is 1. The van der Waals surface area contributed by atoms with Crippen molar-refractivity contribution in [2.75, 3.05) is 0 Å². The Labute approximate surface area is 95.9 Å². The van der Waals surface area contributed by atoms with E-state index in [1.165, 1.54) is 11.6 Å². The Balaban J connectivity index is 2.64. The van der Waals surface area contributed by atoms with Crippen LogP contribution in [0.5, 0.6) is 0 Å². The van der Waals surface area contributed by atoms with Gasteiger partial charge in [-0.05, 0) is 0 Å². The van der Waals surface area contributed by atoms with Crippen molar-refractivity contribution >= 4 is 17.3 Å². The summed E-state index contributed by atoms with van der Waals surface area (Å²) in [7, 11) is 0. The van der Waals surface area contributed by atoms with Gasteiger partial charge in [-0.25, -0.2) is 9.78 Å². The van der Waals surface area contributed by atoms with Gasteiger partial charge in [-0.3, -0.25) is 5.10 Å². The van der Waals surface area contributed by atoms with Gasteiger partial charge in [-0.1, -0.05) is 0 Å². The maximum atomic E-state index is 12.5. The molecule has 0 bridgehead atoms.